The van der Waals surface area contributed by atoms with E-state index in [0.717, 1.165) is 0 Å². The zero-order chi connectivity index (χ0) is 13.8. The molecule has 0 aliphatic carbocycles. The number of nitrogens with zero attached hydrogens (tertiary/aromatic N) is 2. The SMILES string of the molecule is CC(C)(C)OC(=O)NN=C1CCCN(C(=O)O)C1. The Balaban J connectivity index is 2.47. The molecule has 7 nitrogen and oxygen atoms in total. The van der Waals surface area contributed by atoms with E-state index in [9.17, 15) is 9.59 Å². The predicted molar refractivity (Wildman–Crippen MR) is 65.6 cm³/mol. The molecular weight excluding hydrogens is 238 g/mol. The van der Waals surface area contributed by atoms with Crippen LogP contribution in [0.4, 0.5) is 9.59 Å². The van der Waals surface area contributed by atoms with E-state index in [1.165, 1.54) is 4.90 Å². The molecular formula is C11H19N3O4. The van der Waals surface area contributed by atoms with Gasteiger partial charge in [0.1, 0.15) is 5.60 Å². The number of piperidine rings is 1. The molecule has 0 saturated carbocycles. The van der Waals surface area contributed by atoms with Gasteiger partial charge in [0.05, 0.1) is 12.3 Å². The monoisotopic (exact) mass is 257 g/mol. The van der Waals surface area contributed by atoms with Crippen LogP contribution in [0.5, 0.6) is 0 Å². The minimum atomic E-state index is -0.973. The Hall–Kier alpha value is -1.79. The van der Waals surface area contributed by atoms with Crippen molar-refractivity contribution in [2.24, 2.45) is 5.10 Å². The van der Waals surface area contributed by atoms with Crippen molar-refractivity contribution in [3.05, 3.63) is 0 Å². The lowest BCUT2D eigenvalue weighted by Crippen LogP contribution is -2.40. The zero-order valence-electron chi connectivity index (χ0n) is 10.9. The minimum Gasteiger partial charge on any atom is -0.465 e. The normalized spacial score (nSPS) is 18.6. The fourth-order valence-corrected chi connectivity index (χ4v) is 1.53. The molecule has 0 bridgehead atoms. The largest absolute Gasteiger partial charge is 0.465 e. The summed E-state index contributed by atoms with van der Waals surface area (Å²) in [5.41, 5.74) is 2.33. The first kappa shape index (κ1) is 14.3. The quantitative estimate of drug-likeness (QED) is 0.698. The highest BCUT2D eigenvalue weighted by Crippen LogP contribution is 2.08. The van der Waals surface area contributed by atoms with E-state index in [0.29, 0.717) is 25.1 Å². The number of ether oxygens (including phenoxy) is 1. The third kappa shape index (κ3) is 5.03. The Morgan fingerprint density at radius 3 is 2.67 bits per heavy atom. The van der Waals surface area contributed by atoms with E-state index < -0.39 is 17.8 Å². The molecule has 0 unspecified atom stereocenters. The van der Waals surface area contributed by atoms with Crippen LogP contribution < -0.4 is 5.43 Å². The van der Waals surface area contributed by atoms with Crippen molar-refractivity contribution in [1.29, 1.82) is 0 Å². The number of hydrazone groups is 1. The summed E-state index contributed by atoms with van der Waals surface area (Å²) in [7, 11) is 0. The van der Waals surface area contributed by atoms with Crippen LogP contribution in [0.25, 0.3) is 0 Å². The van der Waals surface area contributed by atoms with Gasteiger partial charge in [0.15, 0.2) is 0 Å². The highest BCUT2D eigenvalue weighted by molar-refractivity contribution is 5.90. The lowest BCUT2D eigenvalue weighted by atomic mass is 10.1. The van der Waals surface area contributed by atoms with Crippen LogP contribution >= 0.6 is 0 Å². The molecule has 18 heavy (non-hydrogen) atoms. The summed E-state index contributed by atoms with van der Waals surface area (Å²) in [6, 6.07) is 0. The van der Waals surface area contributed by atoms with Gasteiger partial charge in [-0.15, -0.1) is 0 Å². The second-order valence-electron chi connectivity index (χ2n) is 5.10. The third-order valence-corrected chi connectivity index (χ3v) is 2.24. The number of hydrogen-bond donors (Lipinski definition) is 2. The standard InChI is InChI=1S/C11H19N3O4/c1-11(2,3)18-9(15)13-12-8-5-4-6-14(7-8)10(16)17/h4-7H2,1-3H3,(H,13,15)(H,16,17). The maximum atomic E-state index is 11.3. The van der Waals surface area contributed by atoms with Crippen LogP contribution in [0.2, 0.25) is 0 Å². The van der Waals surface area contributed by atoms with Crippen LogP contribution in [-0.4, -0.2) is 46.6 Å². The molecule has 2 amide bonds. The summed E-state index contributed by atoms with van der Waals surface area (Å²) in [5, 5.41) is 12.7. The van der Waals surface area contributed by atoms with E-state index in [2.05, 4.69) is 10.5 Å². The molecule has 1 rings (SSSR count). The Morgan fingerprint density at radius 1 is 1.44 bits per heavy atom. The van der Waals surface area contributed by atoms with Gasteiger partial charge in [-0.1, -0.05) is 0 Å². The van der Waals surface area contributed by atoms with E-state index >= 15 is 0 Å². The number of carbonyl (C=O) groups is 2. The van der Waals surface area contributed by atoms with Gasteiger partial charge < -0.3 is 14.7 Å². The maximum Gasteiger partial charge on any atom is 0.428 e. The van der Waals surface area contributed by atoms with E-state index in [1.807, 2.05) is 0 Å². The van der Waals surface area contributed by atoms with Gasteiger partial charge in [-0.2, -0.15) is 5.10 Å². The van der Waals surface area contributed by atoms with Crippen LogP contribution in [0, 0.1) is 0 Å². The molecule has 102 valence electrons. The zero-order valence-corrected chi connectivity index (χ0v) is 10.9. The van der Waals surface area contributed by atoms with Gasteiger partial charge in [-0.25, -0.2) is 15.0 Å². The Morgan fingerprint density at radius 2 is 2.11 bits per heavy atom. The van der Waals surface area contributed by atoms with Crippen LogP contribution in [0.15, 0.2) is 5.10 Å². The van der Waals surface area contributed by atoms with Crippen LogP contribution in [0.3, 0.4) is 0 Å². The highest BCUT2D eigenvalue weighted by Gasteiger charge is 2.20. The second kappa shape index (κ2) is 5.70. The third-order valence-electron chi connectivity index (χ3n) is 2.24. The molecule has 0 aromatic carbocycles. The summed E-state index contributed by atoms with van der Waals surface area (Å²) >= 11 is 0. The first-order valence-electron chi connectivity index (χ1n) is 5.80. The van der Waals surface area contributed by atoms with Crippen molar-refractivity contribution >= 4 is 17.9 Å². The lowest BCUT2D eigenvalue weighted by molar-refractivity contribution is 0.0529. The number of nitrogens with one attached hydrogen (secondary N) is 1. The van der Waals surface area contributed by atoms with Gasteiger partial charge in [0, 0.05) is 6.54 Å². The Labute approximate surface area is 106 Å². The molecule has 0 aromatic rings. The van der Waals surface area contributed by atoms with E-state index in [-0.39, 0.29) is 6.54 Å². The van der Waals surface area contributed by atoms with Crippen LogP contribution in [0.1, 0.15) is 33.6 Å². The number of amides is 2. The van der Waals surface area contributed by atoms with Crippen molar-refractivity contribution in [1.82, 2.24) is 10.3 Å². The van der Waals surface area contributed by atoms with Gasteiger partial charge in [0.25, 0.3) is 0 Å². The summed E-state index contributed by atoms with van der Waals surface area (Å²) < 4.78 is 5.02. The molecule has 1 heterocycles. The summed E-state index contributed by atoms with van der Waals surface area (Å²) in [5.74, 6) is 0. The molecule has 0 radical (unpaired) electrons. The topological polar surface area (TPSA) is 91.2 Å². The maximum absolute atomic E-state index is 11.3. The fourth-order valence-electron chi connectivity index (χ4n) is 1.53. The lowest BCUT2D eigenvalue weighted by Gasteiger charge is -2.25. The van der Waals surface area contributed by atoms with E-state index in [1.54, 1.807) is 20.8 Å². The van der Waals surface area contributed by atoms with Crippen LogP contribution in [-0.2, 0) is 4.74 Å². The summed E-state index contributed by atoms with van der Waals surface area (Å²) in [6.07, 6.45) is -0.220. The Kier molecular flexibility index (Phi) is 4.52. The molecule has 0 atom stereocenters. The van der Waals surface area contributed by atoms with Crippen molar-refractivity contribution in [2.45, 2.75) is 39.2 Å². The number of hydrogen-bond acceptors (Lipinski definition) is 4. The molecule has 0 aromatic heterocycles. The molecule has 1 saturated heterocycles. The molecule has 1 aliphatic rings. The van der Waals surface area contributed by atoms with Gasteiger partial charge in [-0.05, 0) is 33.6 Å². The first-order valence-corrected chi connectivity index (χ1v) is 5.80. The van der Waals surface area contributed by atoms with Crippen molar-refractivity contribution < 1.29 is 19.4 Å². The van der Waals surface area contributed by atoms with Gasteiger partial charge >= 0.3 is 12.2 Å². The van der Waals surface area contributed by atoms with E-state index in [4.69, 9.17) is 9.84 Å². The molecule has 7 heteroatoms. The molecule has 0 spiro atoms. The average Bonchev–Trinajstić information content (AvgIpc) is 2.24. The fraction of sp³-hybridized carbons (Fsp3) is 0.727. The number of likely N-dealkylation sites (tertiary alicyclic amines) is 1. The number of carbonyl (C=O) groups excluding carboxylic acids is 1. The number of rotatable bonds is 1. The average molecular weight is 257 g/mol. The number of carboxylic acid groups (broad SMARTS) is 1. The van der Waals surface area contributed by atoms with Gasteiger partial charge in [-0.3, -0.25) is 0 Å². The van der Waals surface area contributed by atoms with Crippen molar-refractivity contribution in [2.75, 3.05) is 13.1 Å². The summed E-state index contributed by atoms with van der Waals surface area (Å²) in [6.45, 7) is 6.00. The molecule has 1 fully saturated rings. The van der Waals surface area contributed by atoms with Crippen molar-refractivity contribution in [3.63, 3.8) is 0 Å². The smallest absolute Gasteiger partial charge is 0.428 e. The van der Waals surface area contributed by atoms with Gasteiger partial charge in [0.2, 0.25) is 0 Å². The predicted octanol–water partition coefficient (Wildman–Crippen LogP) is 1.64. The minimum absolute atomic E-state index is 0.227. The summed E-state index contributed by atoms with van der Waals surface area (Å²) in [4.78, 5) is 23.4. The molecule has 2 N–H and O–H groups in total. The highest BCUT2D eigenvalue weighted by atomic mass is 16.6. The second-order valence-corrected chi connectivity index (χ2v) is 5.10. The van der Waals surface area contributed by atoms with Crippen molar-refractivity contribution in [3.8, 4) is 0 Å². The molecule has 1 aliphatic heterocycles. The Bertz CT molecular complexity index is 360. The first-order chi connectivity index (χ1) is 8.28.